The second-order valence-electron chi connectivity index (χ2n) is 7.90. The minimum atomic E-state index is -0.201. The number of rotatable bonds is 6. The third kappa shape index (κ3) is 4.44. The van der Waals surface area contributed by atoms with Crippen LogP contribution in [0.4, 0.5) is 11.5 Å². The number of benzene rings is 1. The molecule has 0 saturated heterocycles. The van der Waals surface area contributed by atoms with E-state index >= 15 is 0 Å². The molecule has 2 N–H and O–H groups in total. The maximum Gasteiger partial charge on any atom is 0.257 e. The molecule has 4 heterocycles. The smallest absolute Gasteiger partial charge is 0.257 e. The predicted molar refractivity (Wildman–Crippen MR) is 130 cm³/mol. The van der Waals surface area contributed by atoms with Crippen molar-refractivity contribution in [1.29, 1.82) is 0 Å². The number of nitrogens with one attached hydrogen (secondary N) is 2. The number of hydrogen-bond acceptors (Lipinski definition) is 7. The normalized spacial score (nSPS) is 11.8. The average Bonchev–Trinajstić information content (AvgIpc) is 3.28. The minimum Gasteiger partial charge on any atom is -0.362 e. The molecular weight excluding hydrogens is 428 g/mol. The van der Waals surface area contributed by atoms with E-state index < -0.39 is 0 Å². The Balaban J connectivity index is 1.34. The topological polar surface area (TPSA) is 111 Å². The zero-order valence-corrected chi connectivity index (χ0v) is 18.7. The number of pyridine rings is 2. The number of aromatic nitrogens is 6. The van der Waals surface area contributed by atoms with Gasteiger partial charge in [0.2, 0.25) is 0 Å². The molecule has 1 atom stereocenters. The summed E-state index contributed by atoms with van der Waals surface area (Å²) >= 11 is 0. The van der Waals surface area contributed by atoms with Gasteiger partial charge in [0.05, 0.1) is 24.0 Å². The lowest BCUT2D eigenvalue weighted by Gasteiger charge is -2.16. The maximum absolute atomic E-state index is 12.6. The van der Waals surface area contributed by atoms with Crippen LogP contribution in [0.3, 0.4) is 0 Å². The van der Waals surface area contributed by atoms with E-state index in [2.05, 4.69) is 30.7 Å². The molecule has 34 heavy (non-hydrogen) atoms. The van der Waals surface area contributed by atoms with Gasteiger partial charge in [0.25, 0.3) is 5.91 Å². The van der Waals surface area contributed by atoms with E-state index in [9.17, 15) is 4.79 Å². The molecule has 4 aromatic heterocycles. The van der Waals surface area contributed by atoms with Gasteiger partial charge in [0.1, 0.15) is 11.3 Å². The highest BCUT2D eigenvalue weighted by molar-refractivity contribution is 6.04. The van der Waals surface area contributed by atoms with Crippen molar-refractivity contribution in [1.82, 2.24) is 29.7 Å². The average molecular weight is 451 g/mol. The molecule has 0 aliphatic carbocycles. The first-order valence-corrected chi connectivity index (χ1v) is 10.8. The number of nitrogens with zero attached hydrogens (tertiary/aromatic N) is 6. The summed E-state index contributed by atoms with van der Waals surface area (Å²) in [5, 5.41) is 10.7. The van der Waals surface area contributed by atoms with Crippen LogP contribution >= 0.6 is 0 Å². The Labute approximate surface area is 195 Å². The van der Waals surface area contributed by atoms with Crippen molar-refractivity contribution < 1.29 is 4.79 Å². The molecule has 1 amide bonds. The molecule has 5 aromatic rings. The van der Waals surface area contributed by atoms with E-state index in [0.29, 0.717) is 34.1 Å². The van der Waals surface area contributed by atoms with Crippen molar-refractivity contribution in [3.63, 3.8) is 0 Å². The van der Waals surface area contributed by atoms with Crippen LogP contribution in [-0.4, -0.2) is 35.6 Å². The molecular formula is C25H22N8O. The lowest BCUT2D eigenvalue weighted by Crippen LogP contribution is -2.13. The first kappa shape index (κ1) is 21.2. The Hall–Kier alpha value is -4.66. The van der Waals surface area contributed by atoms with Gasteiger partial charge in [-0.05, 0) is 55.3 Å². The maximum atomic E-state index is 12.6. The van der Waals surface area contributed by atoms with Gasteiger partial charge in [0, 0.05) is 24.3 Å². The lowest BCUT2D eigenvalue weighted by atomic mass is 10.1. The Kier molecular flexibility index (Phi) is 5.65. The van der Waals surface area contributed by atoms with Crippen LogP contribution in [0.1, 0.15) is 34.5 Å². The summed E-state index contributed by atoms with van der Waals surface area (Å²) < 4.78 is 1.66. The quantitative estimate of drug-likeness (QED) is 0.396. The van der Waals surface area contributed by atoms with E-state index in [-0.39, 0.29) is 11.9 Å². The number of hydrogen-bond donors (Lipinski definition) is 2. The Morgan fingerprint density at radius 3 is 2.74 bits per heavy atom. The van der Waals surface area contributed by atoms with Crippen LogP contribution in [-0.2, 0) is 0 Å². The molecule has 0 radical (unpaired) electrons. The second kappa shape index (κ2) is 9.07. The summed E-state index contributed by atoms with van der Waals surface area (Å²) in [5.41, 5.74) is 4.43. The van der Waals surface area contributed by atoms with Crippen molar-refractivity contribution in [2.75, 3.05) is 10.6 Å². The molecule has 0 saturated carbocycles. The van der Waals surface area contributed by atoms with Gasteiger partial charge in [0.15, 0.2) is 11.5 Å². The van der Waals surface area contributed by atoms with Gasteiger partial charge in [-0.1, -0.05) is 18.2 Å². The van der Waals surface area contributed by atoms with Gasteiger partial charge in [-0.2, -0.15) is 9.78 Å². The number of fused-ring (bicyclic) bond motifs is 1. The van der Waals surface area contributed by atoms with Crippen LogP contribution < -0.4 is 10.6 Å². The highest BCUT2D eigenvalue weighted by atomic mass is 16.1. The minimum absolute atomic E-state index is 0.0875. The molecule has 9 heteroatoms. The summed E-state index contributed by atoms with van der Waals surface area (Å²) in [6, 6.07) is 15.0. The van der Waals surface area contributed by atoms with E-state index in [1.165, 1.54) is 0 Å². The summed E-state index contributed by atoms with van der Waals surface area (Å²) in [6.45, 7) is 3.93. The van der Waals surface area contributed by atoms with E-state index in [1.54, 1.807) is 41.7 Å². The highest BCUT2D eigenvalue weighted by Crippen LogP contribution is 2.23. The predicted octanol–water partition coefficient (Wildman–Crippen LogP) is 4.34. The Bertz CT molecular complexity index is 1460. The highest BCUT2D eigenvalue weighted by Gasteiger charge is 2.13. The van der Waals surface area contributed by atoms with Crippen molar-refractivity contribution in [3.8, 4) is 5.82 Å². The van der Waals surface area contributed by atoms with Gasteiger partial charge in [-0.15, -0.1) is 0 Å². The number of carbonyl (C=O) groups is 1. The zero-order chi connectivity index (χ0) is 23.5. The standard InChI is InChI=1S/C25H22N8O/c1-16-10-19(13-26-12-16)25(34)31-20-7-5-6-18(11-20)17(2)30-22-15-28-21-14-29-33(24(21)32-22)23-8-3-4-9-27-23/h3-15,17H,1-2H3,(H,30,32)(H,31,34)/t17-/m0/s1. The lowest BCUT2D eigenvalue weighted by molar-refractivity contribution is 0.102. The monoisotopic (exact) mass is 450 g/mol. The molecule has 0 aliphatic heterocycles. The Morgan fingerprint density at radius 1 is 1.00 bits per heavy atom. The molecule has 0 spiro atoms. The fourth-order valence-electron chi connectivity index (χ4n) is 3.59. The van der Waals surface area contributed by atoms with Crippen LogP contribution in [0.25, 0.3) is 17.0 Å². The molecule has 0 bridgehead atoms. The number of anilines is 2. The van der Waals surface area contributed by atoms with Crippen LogP contribution in [0.15, 0.2) is 79.5 Å². The molecule has 1 aromatic carbocycles. The van der Waals surface area contributed by atoms with Crippen molar-refractivity contribution >= 4 is 28.6 Å². The molecule has 168 valence electrons. The number of aryl methyl sites for hydroxylation is 1. The second-order valence-corrected chi connectivity index (χ2v) is 7.90. The number of amides is 1. The summed E-state index contributed by atoms with van der Waals surface area (Å²) in [5.74, 6) is 1.08. The van der Waals surface area contributed by atoms with Crippen LogP contribution in [0, 0.1) is 6.92 Å². The van der Waals surface area contributed by atoms with E-state index in [4.69, 9.17) is 4.98 Å². The van der Waals surface area contributed by atoms with Gasteiger partial charge < -0.3 is 10.6 Å². The fraction of sp³-hybridized carbons (Fsp3) is 0.120. The van der Waals surface area contributed by atoms with Gasteiger partial charge >= 0.3 is 0 Å². The number of carbonyl (C=O) groups excluding carboxylic acids is 1. The summed E-state index contributed by atoms with van der Waals surface area (Å²) in [7, 11) is 0. The van der Waals surface area contributed by atoms with E-state index in [0.717, 1.165) is 11.1 Å². The largest absolute Gasteiger partial charge is 0.362 e. The first-order chi connectivity index (χ1) is 16.6. The van der Waals surface area contributed by atoms with Gasteiger partial charge in [-0.25, -0.2) is 15.0 Å². The first-order valence-electron chi connectivity index (χ1n) is 10.8. The van der Waals surface area contributed by atoms with Crippen molar-refractivity contribution in [3.05, 3.63) is 96.2 Å². The molecule has 5 rings (SSSR count). The van der Waals surface area contributed by atoms with Crippen LogP contribution in [0.5, 0.6) is 0 Å². The van der Waals surface area contributed by atoms with E-state index in [1.807, 2.05) is 56.3 Å². The molecule has 9 nitrogen and oxygen atoms in total. The SMILES string of the molecule is Cc1cncc(C(=O)Nc2cccc([C@H](C)Nc3cnc4cnn(-c5ccccn5)c4n3)c2)c1. The zero-order valence-electron chi connectivity index (χ0n) is 18.7. The van der Waals surface area contributed by atoms with Gasteiger partial charge in [-0.3, -0.25) is 9.78 Å². The summed E-state index contributed by atoms with van der Waals surface area (Å²) in [6.07, 6.45) is 8.33. The molecule has 0 unspecified atom stereocenters. The third-order valence-electron chi connectivity index (χ3n) is 5.29. The molecule has 0 aliphatic rings. The fourth-order valence-corrected chi connectivity index (χ4v) is 3.59. The summed E-state index contributed by atoms with van der Waals surface area (Å²) in [4.78, 5) is 30.2. The Morgan fingerprint density at radius 2 is 1.91 bits per heavy atom. The molecule has 0 fully saturated rings. The third-order valence-corrected chi connectivity index (χ3v) is 5.29. The van der Waals surface area contributed by atoms with Crippen LogP contribution in [0.2, 0.25) is 0 Å². The van der Waals surface area contributed by atoms with Crippen molar-refractivity contribution in [2.24, 2.45) is 0 Å². The van der Waals surface area contributed by atoms with Crippen molar-refractivity contribution in [2.45, 2.75) is 19.9 Å².